The van der Waals surface area contributed by atoms with Crippen LogP contribution in [0.25, 0.3) is 0 Å². The zero-order valence-corrected chi connectivity index (χ0v) is 9.57. The lowest BCUT2D eigenvalue weighted by atomic mass is 10.2. The molecule has 0 saturated heterocycles. The van der Waals surface area contributed by atoms with Gasteiger partial charge in [0, 0.05) is 6.54 Å². The molecule has 1 heterocycles. The van der Waals surface area contributed by atoms with E-state index >= 15 is 0 Å². The van der Waals surface area contributed by atoms with Gasteiger partial charge in [0.1, 0.15) is 11.6 Å². The lowest BCUT2D eigenvalue weighted by Gasteiger charge is -2.07. The summed E-state index contributed by atoms with van der Waals surface area (Å²) < 4.78 is 13.0. The topological polar surface area (TPSA) is 50.9 Å². The molecule has 0 amide bonds. The average Bonchev–Trinajstić information content (AvgIpc) is 2.31. The molecular weight excluding hydrogens is 217 g/mol. The van der Waals surface area contributed by atoms with Crippen LogP contribution in [0, 0.1) is 12.7 Å². The lowest BCUT2D eigenvalue weighted by molar-refractivity contribution is 0.626. The van der Waals surface area contributed by atoms with Crippen molar-refractivity contribution in [2.75, 3.05) is 11.1 Å². The molecule has 0 radical (unpaired) electrons. The second-order valence-corrected chi connectivity index (χ2v) is 3.91. The number of hydrogen-bond acceptors (Lipinski definition) is 3. The van der Waals surface area contributed by atoms with E-state index in [0.29, 0.717) is 12.2 Å². The third kappa shape index (κ3) is 2.93. The Kier molecular flexibility index (Phi) is 3.23. The molecule has 2 aromatic rings. The number of rotatable bonds is 3. The van der Waals surface area contributed by atoms with Crippen molar-refractivity contribution in [2.24, 2.45) is 0 Å². The number of nitrogens with zero attached hydrogens (tertiary/aromatic N) is 1. The zero-order chi connectivity index (χ0) is 12.3. The number of aromatic nitrogens is 1. The van der Waals surface area contributed by atoms with E-state index in [4.69, 9.17) is 5.73 Å². The Labute approximate surface area is 99.5 Å². The number of halogens is 1. The second kappa shape index (κ2) is 4.82. The maximum absolute atomic E-state index is 13.0. The highest BCUT2D eigenvalue weighted by Gasteiger charge is 1.99. The van der Waals surface area contributed by atoms with E-state index in [0.717, 1.165) is 16.9 Å². The van der Waals surface area contributed by atoms with Crippen LogP contribution >= 0.6 is 0 Å². The standard InChI is InChI=1S/C13H14FN3/c1-9-5-13(17-8-12(9)15)16-7-10-3-2-4-11(14)6-10/h2-6,8H,7,15H2,1H3,(H,16,17). The quantitative estimate of drug-likeness (QED) is 0.854. The van der Waals surface area contributed by atoms with Gasteiger partial charge >= 0.3 is 0 Å². The molecule has 0 unspecified atom stereocenters. The van der Waals surface area contributed by atoms with E-state index in [1.54, 1.807) is 12.3 Å². The first-order chi connectivity index (χ1) is 8.15. The van der Waals surface area contributed by atoms with Crippen LogP contribution < -0.4 is 11.1 Å². The molecule has 0 saturated carbocycles. The van der Waals surface area contributed by atoms with Gasteiger partial charge in [-0.3, -0.25) is 0 Å². The molecule has 0 fully saturated rings. The molecule has 2 rings (SSSR count). The van der Waals surface area contributed by atoms with Crippen molar-refractivity contribution >= 4 is 11.5 Å². The van der Waals surface area contributed by atoms with Gasteiger partial charge in [0.15, 0.2) is 0 Å². The van der Waals surface area contributed by atoms with E-state index in [1.165, 1.54) is 12.1 Å². The normalized spacial score (nSPS) is 10.2. The molecular formula is C13H14FN3. The fourth-order valence-corrected chi connectivity index (χ4v) is 1.50. The van der Waals surface area contributed by atoms with E-state index < -0.39 is 0 Å². The summed E-state index contributed by atoms with van der Waals surface area (Å²) >= 11 is 0. The van der Waals surface area contributed by atoms with E-state index in [2.05, 4.69) is 10.3 Å². The molecule has 88 valence electrons. The zero-order valence-electron chi connectivity index (χ0n) is 9.57. The van der Waals surface area contributed by atoms with Crippen molar-refractivity contribution in [2.45, 2.75) is 13.5 Å². The lowest BCUT2D eigenvalue weighted by Crippen LogP contribution is -2.02. The number of pyridine rings is 1. The number of nitrogen functional groups attached to an aromatic ring is 1. The van der Waals surface area contributed by atoms with Gasteiger partial charge in [-0.25, -0.2) is 9.37 Å². The van der Waals surface area contributed by atoms with Crippen molar-refractivity contribution in [3.63, 3.8) is 0 Å². The highest BCUT2D eigenvalue weighted by atomic mass is 19.1. The minimum atomic E-state index is -0.231. The second-order valence-electron chi connectivity index (χ2n) is 3.91. The van der Waals surface area contributed by atoms with Crippen LogP contribution in [-0.4, -0.2) is 4.98 Å². The van der Waals surface area contributed by atoms with Crippen molar-refractivity contribution in [1.29, 1.82) is 0 Å². The molecule has 3 N–H and O–H groups in total. The molecule has 0 aliphatic heterocycles. The SMILES string of the molecule is Cc1cc(NCc2cccc(F)c2)ncc1N. The van der Waals surface area contributed by atoms with E-state index in [9.17, 15) is 4.39 Å². The molecule has 17 heavy (non-hydrogen) atoms. The minimum Gasteiger partial charge on any atom is -0.397 e. The maximum atomic E-state index is 13.0. The van der Waals surface area contributed by atoms with Crippen molar-refractivity contribution in [3.05, 3.63) is 53.5 Å². The maximum Gasteiger partial charge on any atom is 0.126 e. The Hall–Kier alpha value is -2.10. The summed E-state index contributed by atoms with van der Waals surface area (Å²) in [6, 6.07) is 8.34. The van der Waals surface area contributed by atoms with Gasteiger partial charge in [-0.15, -0.1) is 0 Å². The highest BCUT2D eigenvalue weighted by Crippen LogP contribution is 2.14. The third-order valence-corrected chi connectivity index (χ3v) is 2.51. The van der Waals surface area contributed by atoms with Gasteiger partial charge in [0.25, 0.3) is 0 Å². The number of anilines is 2. The molecule has 0 bridgehead atoms. The number of benzene rings is 1. The molecule has 0 atom stereocenters. The molecule has 1 aromatic carbocycles. The number of hydrogen-bond donors (Lipinski definition) is 2. The Morgan fingerprint density at radius 2 is 2.18 bits per heavy atom. The van der Waals surface area contributed by atoms with Gasteiger partial charge in [0.05, 0.1) is 11.9 Å². The highest BCUT2D eigenvalue weighted by molar-refractivity contribution is 5.50. The first-order valence-electron chi connectivity index (χ1n) is 5.35. The van der Waals surface area contributed by atoms with E-state index in [1.807, 2.05) is 19.1 Å². The summed E-state index contributed by atoms with van der Waals surface area (Å²) in [5, 5.41) is 3.12. The summed E-state index contributed by atoms with van der Waals surface area (Å²) in [7, 11) is 0. The van der Waals surface area contributed by atoms with Crippen LogP contribution in [0.3, 0.4) is 0 Å². The number of nitrogens with one attached hydrogen (secondary N) is 1. The average molecular weight is 231 g/mol. The summed E-state index contributed by atoms with van der Waals surface area (Å²) in [5.41, 5.74) is 8.19. The Balaban J connectivity index is 2.05. The van der Waals surface area contributed by atoms with Crippen molar-refractivity contribution in [3.8, 4) is 0 Å². The van der Waals surface area contributed by atoms with Gasteiger partial charge in [0.2, 0.25) is 0 Å². The molecule has 0 aliphatic carbocycles. The molecule has 3 nitrogen and oxygen atoms in total. The summed E-state index contributed by atoms with van der Waals surface area (Å²) in [4.78, 5) is 4.15. The Morgan fingerprint density at radius 1 is 1.35 bits per heavy atom. The van der Waals surface area contributed by atoms with Crippen LogP contribution in [-0.2, 0) is 6.54 Å². The largest absolute Gasteiger partial charge is 0.397 e. The Morgan fingerprint density at radius 3 is 2.88 bits per heavy atom. The van der Waals surface area contributed by atoms with E-state index in [-0.39, 0.29) is 5.82 Å². The van der Waals surface area contributed by atoms with Crippen LogP contribution in [0.2, 0.25) is 0 Å². The number of aryl methyl sites for hydroxylation is 1. The predicted octanol–water partition coefficient (Wildman–Crippen LogP) is 2.72. The monoisotopic (exact) mass is 231 g/mol. The summed E-state index contributed by atoms with van der Waals surface area (Å²) in [5.74, 6) is 0.506. The smallest absolute Gasteiger partial charge is 0.126 e. The molecule has 0 aliphatic rings. The van der Waals surface area contributed by atoms with Crippen LogP contribution in [0.15, 0.2) is 36.5 Å². The van der Waals surface area contributed by atoms with Gasteiger partial charge in [-0.1, -0.05) is 12.1 Å². The minimum absolute atomic E-state index is 0.231. The number of nitrogens with two attached hydrogens (primary N) is 1. The van der Waals surface area contributed by atoms with Gasteiger partial charge in [-0.2, -0.15) is 0 Å². The van der Waals surface area contributed by atoms with Crippen molar-refractivity contribution in [1.82, 2.24) is 4.98 Å². The fraction of sp³-hybridized carbons (Fsp3) is 0.154. The third-order valence-electron chi connectivity index (χ3n) is 2.51. The van der Waals surface area contributed by atoms with Crippen LogP contribution in [0.1, 0.15) is 11.1 Å². The van der Waals surface area contributed by atoms with Crippen LogP contribution in [0.5, 0.6) is 0 Å². The first kappa shape index (κ1) is 11.4. The van der Waals surface area contributed by atoms with Gasteiger partial charge < -0.3 is 11.1 Å². The molecule has 1 aromatic heterocycles. The first-order valence-corrected chi connectivity index (χ1v) is 5.35. The molecule has 4 heteroatoms. The molecule has 0 spiro atoms. The van der Waals surface area contributed by atoms with Crippen LogP contribution in [0.4, 0.5) is 15.9 Å². The fourth-order valence-electron chi connectivity index (χ4n) is 1.50. The Bertz CT molecular complexity index is 526. The van der Waals surface area contributed by atoms with Gasteiger partial charge in [-0.05, 0) is 36.2 Å². The summed E-state index contributed by atoms with van der Waals surface area (Å²) in [6.07, 6.45) is 1.61. The predicted molar refractivity (Wildman–Crippen MR) is 67.1 cm³/mol. The van der Waals surface area contributed by atoms with Crippen molar-refractivity contribution < 1.29 is 4.39 Å². The summed E-state index contributed by atoms with van der Waals surface area (Å²) in [6.45, 7) is 2.46.